The highest BCUT2D eigenvalue weighted by atomic mass is 35.5. The predicted molar refractivity (Wildman–Crippen MR) is 150 cm³/mol. The number of aromatic nitrogens is 3. The van der Waals surface area contributed by atoms with E-state index < -0.39 is 6.04 Å². The summed E-state index contributed by atoms with van der Waals surface area (Å²) >= 11 is 7.88. The monoisotopic (exact) mass is 542 g/mol. The Bertz CT molecular complexity index is 1260. The van der Waals surface area contributed by atoms with Gasteiger partial charge in [0.05, 0.1) is 25.3 Å². The van der Waals surface area contributed by atoms with Crippen LogP contribution in [0.3, 0.4) is 0 Å². The topological polar surface area (TPSA) is 84.6 Å². The van der Waals surface area contributed by atoms with E-state index in [-0.39, 0.29) is 12.3 Å². The molecule has 198 valence electrons. The Balaban J connectivity index is 0.00000156. The van der Waals surface area contributed by atoms with Crippen LogP contribution in [0.4, 0.5) is 0 Å². The maximum Gasteiger partial charge on any atom is 0.222 e. The Kier molecular flexibility index (Phi) is 9.13. The van der Waals surface area contributed by atoms with Crippen molar-refractivity contribution in [1.82, 2.24) is 25.0 Å². The maximum atomic E-state index is 13.0. The van der Waals surface area contributed by atoms with Crippen molar-refractivity contribution in [2.45, 2.75) is 47.1 Å². The van der Waals surface area contributed by atoms with Crippen molar-refractivity contribution in [3.63, 3.8) is 0 Å². The number of morpholine rings is 1. The molecule has 2 aliphatic heterocycles. The first-order valence-electron chi connectivity index (χ1n) is 12.9. The summed E-state index contributed by atoms with van der Waals surface area (Å²) < 4.78 is 7.47. The standard InChI is InChI=1S/C25H29ClN6O2S.C2H6/c1-15-16(2)35-25-22(15)23(18-4-6-19(26)7-5-18)28-20(24-30-29-17(3)32(24)25)14-21(33)27-8-9-31-10-12-34-13-11-31;1-2/h4-7,20H,8-14H2,1-3H3,(H,27,33);1-2H3. The fourth-order valence-electron chi connectivity index (χ4n) is 4.56. The molecule has 1 amide bonds. The molecule has 8 nitrogen and oxygen atoms in total. The summed E-state index contributed by atoms with van der Waals surface area (Å²) in [4.78, 5) is 21.7. The Morgan fingerprint density at radius 1 is 1.14 bits per heavy atom. The molecule has 3 aromatic rings. The van der Waals surface area contributed by atoms with Crippen LogP contribution < -0.4 is 5.32 Å². The zero-order valence-electron chi connectivity index (χ0n) is 22.2. The number of nitrogens with zero attached hydrogens (tertiary/aromatic N) is 5. The second-order valence-corrected chi connectivity index (χ2v) is 10.6. The van der Waals surface area contributed by atoms with Crippen molar-refractivity contribution < 1.29 is 9.53 Å². The van der Waals surface area contributed by atoms with E-state index in [1.54, 1.807) is 11.3 Å². The van der Waals surface area contributed by atoms with Crippen LogP contribution in [0.1, 0.15) is 59.5 Å². The molecule has 37 heavy (non-hydrogen) atoms. The quantitative estimate of drug-likeness (QED) is 0.489. The minimum absolute atomic E-state index is 0.0483. The van der Waals surface area contributed by atoms with Crippen LogP contribution in [0, 0.1) is 20.8 Å². The molecule has 1 N–H and O–H groups in total. The Morgan fingerprint density at radius 2 is 1.84 bits per heavy atom. The summed E-state index contributed by atoms with van der Waals surface area (Å²) in [5, 5.41) is 13.6. The van der Waals surface area contributed by atoms with Crippen molar-refractivity contribution in [2.24, 2.45) is 4.99 Å². The van der Waals surface area contributed by atoms with Gasteiger partial charge in [0.2, 0.25) is 5.91 Å². The third-order valence-corrected chi connectivity index (χ3v) is 8.03. The first-order chi connectivity index (χ1) is 17.9. The normalized spacial score (nSPS) is 17.1. The molecule has 1 saturated heterocycles. The number of carbonyl (C=O) groups excluding carboxylic acids is 1. The first kappa shape index (κ1) is 27.4. The second kappa shape index (κ2) is 12.3. The number of carbonyl (C=O) groups is 1. The molecule has 0 spiro atoms. The number of nitrogens with one attached hydrogen (secondary N) is 1. The number of hydrogen-bond acceptors (Lipinski definition) is 7. The van der Waals surface area contributed by atoms with Crippen LogP contribution in [-0.4, -0.2) is 70.7 Å². The molecule has 2 aromatic heterocycles. The molecule has 2 aliphatic rings. The number of fused-ring (bicyclic) bond motifs is 3. The van der Waals surface area contributed by atoms with Crippen LogP contribution in [0.2, 0.25) is 5.02 Å². The third-order valence-electron chi connectivity index (χ3n) is 6.59. The zero-order valence-corrected chi connectivity index (χ0v) is 23.7. The van der Waals surface area contributed by atoms with E-state index in [4.69, 9.17) is 21.3 Å². The summed E-state index contributed by atoms with van der Waals surface area (Å²) in [7, 11) is 0. The van der Waals surface area contributed by atoms with Crippen LogP contribution in [0.15, 0.2) is 29.3 Å². The highest BCUT2D eigenvalue weighted by Crippen LogP contribution is 2.39. The van der Waals surface area contributed by atoms with E-state index in [0.717, 1.165) is 60.5 Å². The molecular formula is C27H35ClN6O2S. The van der Waals surface area contributed by atoms with E-state index in [2.05, 4.69) is 38.8 Å². The second-order valence-electron chi connectivity index (χ2n) is 8.91. The van der Waals surface area contributed by atoms with Gasteiger partial charge in [-0.1, -0.05) is 37.6 Å². The van der Waals surface area contributed by atoms with Crippen LogP contribution in [0.25, 0.3) is 5.00 Å². The van der Waals surface area contributed by atoms with Gasteiger partial charge in [0.1, 0.15) is 16.9 Å². The van der Waals surface area contributed by atoms with E-state index in [9.17, 15) is 4.79 Å². The van der Waals surface area contributed by atoms with Crippen molar-refractivity contribution in [3.8, 4) is 5.00 Å². The van der Waals surface area contributed by atoms with Gasteiger partial charge in [-0.3, -0.25) is 19.3 Å². The number of thiophene rings is 1. The zero-order chi connectivity index (χ0) is 26.5. The molecule has 1 fully saturated rings. The van der Waals surface area contributed by atoms with Crippen LogP contribution in [0.5, 0.6) is 0 Å². The fourth-order valence-corrected chi connectivity index (χ4v) is 5.90. The van der Waals surface area contributed by atoms with Gasteiger partial charge in [0.25, 0.3) is 0 Å². The third kappa shape index (κ3) is 5.95. The number of benzene rings is 1. The summed E-state index contributed by atoms with van der Waals surface area (Å²) in [5.41, 5.74) is 4.06. The molecule has 0 radical (unpaired) electrons. The van der Waals surface area contributed by atoms with Crippen LogP contribution in [-0.2, 0) is 9.53 Å². The van der Waals surface area contributed by atoms with Gasteiger partial charge in [-0.2, -0.15) is 0 Å². The maximum absolute atomic E-state index is 13.0. The molecule has 1 aromatic carbocycles. The van der Waals surface area contributed by atoms with E-state index in [0.29, 0.717) is 17.4 Å². The molecule has 0 aliphatic carbocycles. The summed E-state index contributed by atoms with van der Waals surface area (Å²) in [6.07, 6.45) is 0.200. The van der Waals surface area contributed by atoms with Gasteiger partial charge in [-0.15, -0.1) is 21.5 Å². The van der Waals surface area contributed by atoms with Gasteiger partial charge in [-0.25, -0.2) is 0 Å². The summed E-state index contributed by atoms with van der Waals surface area (Å²) in [6, 6.07) is 7.25. The first-order valence-corrected chi connectivity index (χ1v) is 14.0. The highest BCUT2D eigenvalue weighted by Gasteiger charge is 2.32. The lowest BCUT2D eigenvalue weighted by Crippen LogP contribution is -2.41. The van der Waals surface area contributed by atoms with Crippen molar-refractivity contribution in [1.29, 1.82) is 0 Å². The Hall–Kier alpha value is -2.59. The lowest BCUT2D eigenvalue weighted by Gasteiger charge is -2.26. The van der Waals surface area contributed by atoms with Gasteiger partial charge in [-0.05, 0) is 38.5 Å². The molecule has 1 unspecified atom stereocenters. The van der Waals surface area contributed by atoms with Gasteiger partial charge >= 0.3 is 0 Å². The number of rotatable bonds is 6. The van der Waals surface area contributed by atoms with Gasteiger partial charge in [0.15, 0.2) is 5.82 Å². The highest BCUT2D eigenvalue weighted by molar-refractivity contribution is 7.15. The molecule has 10 heteroatoms. The van der Waals surface area contributed by atoms with Gasteiger partial charge < -0.3 is 10.1 Å². The molecule has 5 rings (SSSR count). The number of aliphatic imine (C=N–C) groups is 1. The molecule has 0 saturated carbocycles. The number of halogens is 1. The fraction of sp³-hybridized carbons (Fsp3) is 0.481. The molecule has 1 atom stereocenters. The van der Waals surface area contributed by atoms with Crippen molar-refractivity contribution in [3.05, 3.63) is 62.5 Å². The largest absolute Gasteiger partial charge is 0.379 e. The minimum Gasteiger partial charge on any atom is -0.379 e. The predicted octanol–water partition coefficient (Wildman–Crippen LogP) is 4.66. The van der Waals surface area contributed by atoms with E-state index in [1.807, 2.05) is 45.0 Å². The smallest absolute Gasteiger partial charge is 0.222 e. The number of amides is 1. The van der Waals surface area contributed by atoms with E-state index in [1.165, 1.54) is 10.4 Å². The number of hydrogen-bond donors (Lipinski definition) is 1. The Morgan fingerprint density at radius 3 is 2.54 bits per heavy atom. The molecule has 0 bridgehead atoms. The molecular weight excluding hydrogens is 508 g/mol. The van der Waals surface area contributed by atoms with Crippen LogP contribution >= 0.6 is 22.9 Å². The molecule has 4 heterocycles. The summed E-state index contributed by atoms with van der Waals surface area (Å²) in [5.74, 6) is 1.43. The lowest BCUT2D eigenvalue weighted by atomic mass is 9.99. The Labute approximate surface area is 227 Å². The summed E-state index contributed by atoms with van der Waals surface area (Å²) in [6.45, 7) is 14.9. The van der Waals surface area contributed by atoms with Crippen molar-refractivity contribution >= 4 is 34.6 Å². The van der Waals surface area contributed by atoms with Gasteiger partial charge in [0, 0.05) is 47.2 Å². The SMILES string of the molecule is CC.Cc1sc2c(c1C)C(c1ccc(Cl)cc1)=NC(CC(=O)NCCN1CCOCC1)c1nnc(C)n1-2. The lowest BCUT2D eigenvalue weighted by molar-refractivity contribution is -0.121. The minimum atomic E-state index is -0.454. The van der Waals surface area contributed by atoms with Crippen molar-refractivity contribution in [2.75, 3.05) is 39.4 Å². The average molecular weight is 543 g/mol. The van der Waals surface area contributed by atoms with E-state index >= 15 is 0 Å². The average Bonchev–Trinajstić information content (AvgIpc) is 3.38. The number of ether oxygens (including phenoxy) is 1. The number of aryl methyl sites for hydroxylation is 2.